The van der Waals surface area contributed by atoms with E-state index in [1.165, 1.54) is 6.07 Å². The van der Waals surface area contributed by atoms with E-state index in [2.05, 4.69) is 15.9 Å². The van der Waals surface area contributed by atoms with Crippen LogP contribution in [0.2, 0.25) is 5.02 Å². The fourth-order valence-corrected chi connectivity index (χ4v) is 3.80. The summed E-state index contributed by atoms with van der Waals surface area (Å²) in [5.41, 5.74) is 0. The molecule has 1 saturated carbocycles. The quantitative estimate of drug-likeness (QED) is 0.907. The lowest BCUT2D eigenvalue weighted by Crippen LogP contribution is -2.18. The first-order valence-electron chi connectivity index (χ1n) is 5.56. The molecule has 0 spiro atoms. The third-order valence-electron chi connectivity index (χ3n) is 2.87. The Kier molecular flexibility index (Phi) is 4.21. The Balaban J connectivity index is 2.43. The maximum atomic E-state index is 11.6. The second-order valence-electron chi connectivity index (χ2n) is 4.28. The van der Waals surface area contributed by atoms with E-state index in [-0.39, 0.29) is 21.8 Å². The van der Waals surface area contributed by atoms with Gasteiger partial charge in [-0.05, 0) is 37.8 Å². The average molecular weight is 355 g/mol. The van der Waals surface area contributed by atoms with E-state index in [4.69, 9.17) is 21.5 Å². The van der Waals surface area contributed by atoms with Crippen molar-refractivity contribution in [3.05, 3.63) is 21.6 Å². The Hall–Kier alpha value is -0.300. The first-order chi connectivity index (χ1) is 8.38. The van der Waals surface area contributed by atoms with Gasteiger partial charge in [-0.1, -0.05) is 27.5 Å². The van der Waals surface area contributed by atoms with Crippen LogP contribution in [0.4, 0.5) is 0 Å². The lowest BCUT2D eigenvalue weighted by atomic mass is 10.3. The third kappa shape index (κ3) is 3.17. The molecule has 0 atom stereocenters. The van der Waals surface area contributed by atoms with Crippen LogP contribution < -0.4 is 9.88 Å². The van der Waals surface area contributed by atoms with Gasteiger partial charge in [-0.15, -0.1) is 0 Å². The summed E-state index contributed by atoms with van der Waals surface area (Å²) in [5, 5.41) is 5.43. The maximum absolute atomic E-state index is 11.6. The average Bonchev–Trinajstić information content (AvgIpc) is 2.72. The Labute approximate surface area is 120 Å². The van der Waals surface area contributed by atoms with Crippen molar-refractivity contribution in [2.75, 3.05) is 0 Å². The van der Waals surface area contributed by atoms with E-state index in [1.807, 2.05) is 0 Å². The number of sulfonamides is 1. The predicted octanol–water partition coefficient (Wildman–Crippen LogP) is 3.07. The molecule has 1 aromatic carbocycles. The normalized spacial score (nSPS) is 17.1. The van der Waals surface area contributed by atoms with Gasteiger partial charge in [0.25, 0.3) is 0 Å². The van der Waals surface area contributed by atoms with E-state index < -0.39 is 10.0 Å². The van der Waals surface area contributed by atoms with Gasteiger partial charge in [0.15, 0.2) is 5.75 Å². The highest BCUT2D eigenvalue weighted by Crippen LogP contribution is 2.37. The smallest absolute Gasteiger partial charge is 0.241 e. The van der Waals surface area contributed by atoms with Crippen LogP contribution in [0.15, 0.2) is 21.5 Å². The van der Waals surface area contributed by atoms with Crippen LogP contribution in [0.5, 0.6) is 5.75 Å². The van der Waals surface area contributed by atoms with Gasteiger partial charge < -0.3 is 4.74 Å². The number of hydrogen-bond acceptors (Lipinski definition) is 3. The van der Waals surface area contributed by atoms with Crippen molar-refractivity contribution in [1.82, 2.24) is 0 Å². The molecule has 100 valence electrons. The molecule has 0 saturated heterocycles. The number of primary sulfonamides is 1. The Morgan fingerprint density at radius 2 is 1.94 bits per heavy atom. The minimum atomic E-state index is -3.86. The fraction of sp³-hybridized carbons (Fsp3) is 0.455. The van der Waals surface area contributed by atoms with Gasteiger partial charge in [0.1, 0.15) is 4.90 Å². The standard InChI is InChI=1S/C11H13BrClNO3S/c12-7-5-9(13)11(10(6-7)18(14,15)16)17-8-3-1-2-4-8/h5-6,8H,1-4H2,(H2,14,15,16). The van der Waals surface area contributed by atoms with Crippen molar-refractivity contribution in [2.45, 2.75) is 36.7 Å². The van der Waals surface area contributed by atoms with Crippen LogP contribution >= 0.6 is 27.5 Å². The van der Waals surface area contributed by atoms with Gasteiger partial charge in [-0.25, -0.2) is 13.6 Å². The highest BCUT2D eigenvalue weighted by atomic mass is 79.9. The van der Waals surface area contributed by atoms with Crippen molar-refractivity contribution in [2.24, 2.45) is 5.14 Å². The summed E-state index contributed by atoms with van der Waals surface area (Å²) in [4.78, 5) is -0.0752. The molecule has 0 aliphatic heterocycles. The van der Waals surface area contributed by atoms with Gasteiger partial charge in [-0.3, -0.25) is 0 Å². The van der Waals surface area contributed by atoms with E-state index >= 15 is 0 Å². The van der Waals surface area contributed by atoms with Gasteiger partial charge in [0, 0.05) is 4.47 Å². The number of rotatable bonds is 3. The lowest BCUT2D eigenvalue weighted by molar-refractivity contribution is 0.204. The zero-order valence-electron chi connectivity index (χ0n) is 9.53. The van der Waals surface area contributed by atoms with Crippen molar-refractivity contribution < 1.29 is 13.2 Å². The maximum Gasteiger partial charge on any atom is 0.241 e. The molecule has 1 aliphatic carbocycles. The summed E-state index contributed by atoms with van der Waals surface area (Å²) in [6.45, 7) is 0. The van der Waals surface area contributed by atoms with Crippen molar-refractivity contribution in [3.63, 3.8) is 0 Å². The molecule has 2 N–H and O–H groups in total. The van der Waals surface area contributed by atoms with Gasteiger partial charge in [0.2, 0.25) is 10.0 Å². The van der Waals surface area contributed by atoms with Crippen LogP contribution in [-0.2, 0) is 10.0 Å². The zero-order valence-corrected chi connectivity index (χ0v) is 12.7. The SMILES string of the molecule is NS(=O)(=O)c1cc(Br)cc(Cl)c1OC1CCCC1. The number of ether oxygens (including phenoxy) is 1. The van der Waals surface area contributed by atoms with Gasteiger partial charge in [0.05, 0.1) is 11.1 Å². The van der Waals surface area contributed by atoms with Crippen LogP contribution in [0.3, 0.4) is 0 Å². The molecule has 1 aromatic rings. The molecule has 1 aliphatic rings. The third-order valence-corrected chi connectivity index (χ3v) is 4.52. The molecule has 7 heteroatoms. The van der Waals surface area contributed by atoms with Gasteiger partial charge >= 0.3 is 0 Å². The fourth-order valence-electron chi connectivity index (χ4n) is 2.04. The van der Waals surface area contributed by atoms with E-state index in [9.17, 15) is 8.42 Å². The molecule has 2 rings (SSSR count). The monoisotopic (exact) mass is 353 g/mol. The molecule has 0 radical (unpaired) electrons. The number of nitrogens with two attached hydrogens (primary N) is 1. The highest BCUT2D eigenvalue weighted by Gasteiger charge is 2.24. The van der Waals surface area contributed by atoms with Crippen molar-refractivity contribution >= 4 is 37.6 Å². The number of halogens is 2. The summed E-state index contributed by atoms with van der Waals surface area (Å²) in [6, 6.07) is 3.01. The molecule has 0 aromatic heterocycles. The van der Waals surface area contributed by atoms with Crippen LogP contribution in [0.25, 0.3) is 0 Å². The largest absolute Gasteiger partial charge is 0.487 e. The van der Waals surface area contributed by atoms with Crippen LogP contribution in [0.1, 0.15) is 25.7 Å². The topological polar surface area (TPSA) is 69.4 Å². The summed E-state index contributed by atoms with van der Waals surface area (Å²) in [7, 11) is -3.86. The van der Waals surface area contributed by atoms with Crippen molar-refractivity contribution in [1.29, 1.82) is 0 Å². The molecule has 0 heterocycles. The Morgan fingerprint density at radius 1 is 1.33 bits per heavy atom. The molecule has 0 unspecified atom stereocenters. The van der Waals surface area contributed by atoms with Gasteiger partial charge in [-0.2, -0.15) is 0 Å². The predicted molar refractivity (Wildman–Crippen MR) is 73.4 cm³/mol. The molecule has 1 fully saturated rings. The Morgan fingerprint density at radius 3 is 2.50 bits per heavy atom. The van der Waals surface area contributed by atoms with E-state index in [0.29, 0.717) is 4.47 Å². The zero-order chi connectivity index (χ0) is 13.3. The van der Waals surface area contributed by atoms with Crippen LogP contribution in [0, 0.1) is 0 Å². The lowest BCUT2D eigenvalue weighted by Gasteiger charge is -2.17. The molecule has 0 bridgehead atoms. The first-order valence-corrected chi connectivity index (χ1v) is 8.28. The summed E-state index contributed by atoms with van der Waals surface area (Å²) in [6.07, 6.45) is 4.02. The number of hydrogen-bond donors (Lipinski definition) is 1. The number of benzene rings is 1. The second-order valence-corrected chi connectivity index (χ2v) is 7.14. The Bertz CT molecular complexity index is 556. The second kappa shape index (κ2) is 5.36. The van der Waals surface area contributed by atoms with E-state index in [1.54, 1.807) is 6.07 Å². The van der Waals surface area contributed by atoms with E-state index in [0.717, 1.165) is 25.7 Å². The highest BCUT2D eigenvalue weighted by molar-refractivity contribution is 9.10. The summed E-state index contributed by atoms with van der Waals surface area (Å²) < 4.78 is 29.4. The molecule has 0 amide bonds. The molecule has 18 heavy (non-hydrogen) atoms. The molecular formula is C11H13BrClNO3S. The minimum absolute atomic E-state index is 0.0178. The minimum Gasteiger partial charge on any atom is -0.487 e. The van der Waals surface area contributed by atoms with Crippen LogP contribution in [-0.4, -0.2) is 14.5 Å². The van der Waals surface area contributed by atoms with Crippen molar-refractivity contribution in [3.8, 4) is 5.75 Å². The first kappa shape index (κ1) is 14.1. The molecular weight excluding hydrogens is 342 g/mol. The molecule has 4 nitrogen and oxygen atoms in total. The summed E-state index contributed by atoms with van der Waals surface area (Å²) >= 11 is 9.24. The summed E-state index contributed by atoms with van der Waals surface area (Å²) in [5.74, 6) is 0.161.